The highest BCUT2D eigenvalue weighted by atomic mass is 16.5. The van der Waals surface area contributed by atoms with Gasteiger partial charge in [0.1, 0.15) is 0 Å². The molecular formula is C22H24N6O3. The van der Waals surface area contributed by atoms with Gasteiger partial charge in [0.2, 0.25) is 5.91 Å². The minimum Gasteiger partial charge on any atom is -0.462 e. The summed E-state index contributed by atoms with van der Waals surface area (Å²) in [5.74, 6) is 0.808. The number of carbonyl (C=O) groups excluding carboxylic acids is 2. The summed E-state index contributed by atoms with van der Waals surface area (Å²) in [7, 11) is 0. The molecule has 0 aliphatic carbocycles. The Morgan fingerprint density at radius 2 is 1.90 bits per heavy atom. The van der Waals surface area contributed by atoms with Crippen molar-refractivity contribution in [1.82, 2.24) is 20.0 Å². The van der Waals surface area contributed by atoms with Crippen LogP contribution in [-0.4, -0.2) is 51.6 Å². The molecule has 9 heteroatoms. The van der Waals surface area contributed by atoms with Crippen LogP contribution in [0.4, 0.5) is 11.5 Å². The van der Waals surface area contributed by atoms with Crippen molar-refractivity contribution in [3.05, 3.63) is 60.4 Å². The van der Waals surface area contributed by atoms with Gasteiger partial charge in [0.05, 0.1) is 18.1 Å². The van der Waals surface area contributed by atoms with Gasteiger partial charge >= 0.3 is 5.97 Å². The van der Waals surface area contributed by atoms with Crippen LogP contribution < -0.4 is 10.2 Å². The van der Waals surface area contributed by atoms with Crippen LogP contribution in [0.5, 0.6) is 0 Å². The molecule has 0 radical (unpaired) electrons. The molecule has 9 nitrogen and oxygen atoms in total. The quantitative estimate of drug-likeness (QED) is 0.612. The molecular weight excluding hydrogens is 396 g/mol. The molecule has 1 N–H and O–H groups in total. The lowest BCUT2D eigenvalue weighted by Gasteiger charge is -2.32. The van der Waals surface area contributed by atoms with Gasteiger partial charge in [-0.15, -0.1) is 10.2 Å². The van der Waals surface area contributed by atoms with Crippen molar-refractivity contribution in [3.8, 4) is 5.82 Å². The number of piperidine rings is 1. The van der Waals surface area contributed by atoms with E-state index in [1.165, 1.54) is 0 Å². The summed E-state index contributed by atoms with van der Waals surface area (Å²) in [6, 6.07) is 12.3. The van der Waals surface area contributed by atoms with Gasteiger partial charge in [-0.25, -0.2) is 9.48 Å². The molecule has 160 valence electrons. The molecule has 4 rings (SSSR count). The number of carbonyl (C=O) groups is 2. The number of esters is 1. The monoisotopic (exact) mass is 420 g/mol. The molecule has 1 aliphatic rings. The van der Waals surface area contributed by atoms with Crippen molar-refractivity contribution in [3.63, 3.8) is 0 Å². The number of aromatic nitrogens is 4. The first kappa shape index (κ1) is 20.5. The molecule has 1 amide bonds. The third-order valence-electron chi connectivity index (χ3n) is 5.16. The summed E-state index contributed by atoms with van der Waals surface area (Å²) in [5, 5.41) is 15.7. The minimum absolute atomic E-state index is 0.0466. The van der Waals surface area contributed by atoms with E-state index in [2.05, 4.69) is 25.5 Å². The number of hydrogen-bond donors (Lipinski definition) is 1. The van der Waals surface area contributed by atoms with E-state index in [0.29, 0.717) is 30.2 Å². The van der Waals surface area contributed by atoms with Gasteiger partial charge in [0.25, 0.3) is 0 Å². The predicted molar refractivity (Wildman–Crippen MR) is 115 cm³/mol. The van der Waals surface area contributed by atoms with E-state index in [1.807, 2.05) is 24.4 Å². The number of rotatable bonds is 6. The zero-order valence-corrected chi connectivity index (χ0v) is 17.3. The summed E-state index contributed by atoms with van der Waals surface area (Å²) in [6.45, 7) is 3.49. The highest BCUT2D eigenvalue weighted by Crippen LogP contribution is 2.23. The van der Waals surface area contributed by atoms with Crippen molar-refractivity contribution in [2.24, 2.45) is 5.92 Å². The number of amides is 1. The van der Waals surface area contributed by atoms with Crippen LogP contribution >= 0.6 is 0 Å². The molecule has 31 heavy (non-hydrogen) atoms. The third-order valence-corrected chi connectivity index (χ3v) is 5.16. The smallest absolute Gasteiger partial charge is 0.338 e. The highest BCUT2D eigenvalue weighted by molar-refractivity contribution is 5.94. The maximum Gasteiger partial charge on any atom is 0.338 e. The average Bonchev–Trinajstić information content (AvgIpc) is 3.35. The Morgan fingerprint density at radius 3 is 2.58 bits per heavy atom. The van der Waals surface area contributed by atoms with E-state index < -0.39 is 0 Å². The summed E-state index contributed by atoms with van der Waals surface area (Å²) in [6.07, 6.45) is 5.20. The molecule has 1 fully saturated rings. The van der Waals surface area contributed by atoms with E-state index >= 15 is 0 Å². The highest BCUT2D eigenvalue weighted by Gasteiger charge is 2.27. The molecule has 1 atom stereocenters. The largest absolute Gasteiger partial charge is 0.462 e. The zero-order chi connectivity index (χ0) is 21.6. The normalized spacial score (nSPS) is 16.0. The first-order chi connectivity index (χ1) is 15.1. The molecule has 1 saturated heterocycles. The second kappa shape index (κ2) is 9.38. The molecule has 2 aromatic heterocycles. The topological polar surface area (TPSA) is 102 Å². The lowest BCUT2D eigenvalue weighted by atomic mass is 9.97. The van der Waals surface area contributed by atoms with Crippen LogP contribution in [-0.2, 0) is 9.53 Å². The van der Waals surface area contributed by atoms with E-state index in [0.717, 1.165) is 25.2 Å². The Labute approximate surface area is 180 Å². The maximum absolute atomic E-state index is 12.8. The number of anilines is 2. The SMILES string of the molecule is CCOC(=O)c1ccc(NC(=O)[C@H]2CCCN(c3ccc(-n4cccn4)nn3)C2)cc1. The number of benzene rings is 1. The maximum atomic E-state index is 12.8. The van der Waals surface area contributed by atoms with Gasteiger partial charge in [-0.2, -0.15) is 5.10 Å². The van der Waals surface area contributed by atoms with Crippen LogP contribution in [0.3, 0.4) is 0 Å². The van der Waals surface area contributed by atoms with Crippen molar-refractivity contribution in [2.75, 3.05) is 29.9 Å². The summed E-state index contributed by atoms with van der Waals surface area (Å²) in [5.41, 5.74) is 1.11. The summed E-state index contributed by atoms with van der Waals surface area (Å²) < 4.78 is 6.63. The second-order valence-corrected chi connectivity index (χ2v) is 7.27. The van der Waals surface area contributed by atoms with Crippen molar-refractivity contribution >= 4 is 23.4 Å². The molecule has 3 heterocycles. The fraction of sp³-hybridized carbons (Fsp3) is 0.318. The van der Waals surface area contributed by atoms with Crippen molar-refractivity contribution < 1.29 is 14.3 Å². The van der Waals surface area contributed by atoms with Gasteiger partial charge in [-0.3, -0.25) is 4.79 Å². The molecule has 3 aromatic rings. The van der Waals surface area contributed by atoms with Crippen molar-refractivity contribution in [1.29, 1.82) is 0 Å². The van der Waals surface area contributed by atoms with E-state index in [-0.39, 0.29) is 17.8 Å². The second-order valence-electron chi connectivity index (χ2n) is 7.27. The van der Waals surface area contributed by atoms with Gasteiger partial charge < -0.3 is 15.0 Å². The Hall–Kier alpha value is -3.75. The summed E-state index contributed by atoms with van der Waals surface area (Å²) in [4.78, 5) is 26.6. The lowest BCUT2D eigenvalue weighted by Crippen LogP contribution is -2.41. The van der Waals surface area contributed by atoms with Crippen LogP contribution in [0, 0.1) is 5.92 Å². The average molecular weight is 420 g/mol. The molecule has 1 aliphatic heterocycles. The number of nitrogens with zero attached hydrogens (tertiary/aromatic N) is 5. The molecule has 0 saturated carbocycles. The third kappa shape index (κ3) is 4.88. The van der Waals surface area contributed by atoms with Crippen LogP contribution in [0.15, 0.2) is 54.9 Å². The fourth-order valence-corrected chi connectivity index (χ4v) is 3.56. The van der Waals surface area contributed by atoms with Gasteiger partial charge in [0, 0.05) is 31.2 Å². The Morgan fingerprint density at radius 1 is 1.13 bits per heavy atom. The molecule has 0 bridgehead atoms. The Kier molecular flexibility index (Phi) is 6.21. The predicted octanol–water partition coefficient (Wildman–Crippen LogP) is 2.69. The van der Waals surface area contributed by atoms with Crippen LogP contribution in [0.1, 0.15) is 30.1 Å². The van der Waals surface area contributed by atoms with E-state index in [1.54, 1.807) is 42.1 Å². The number of hydrogen-bond acceptors (Lipinski definition) is 7. The first-order valence-corrected chi connectivity index (χ1v) is 10.3. The van der Waals surface area contributed by atoms with Gasteiger partial charge in [-0.05, 0) is 62.2 Å². The lowest BCUT2D eigenvalue weighted by molar-refractivity contribution is -0.120. The van der Waals surface area contributed by atoms with Gasteiger partial charge in [-0.1, -0.05) is 0 Å². The minimum atomic E-state index is -0.372. The first-order valence-electron chi connectivity index (χ1n) is 10.3. The Bertz CT molecular complexity index is 1020. The van der Waals surface area contributed by atoms with Gasteiger partial charge in [0.15, 0.2) is 11.6 Å². The molecule has 0 unspecified atom stereocenters. The number of ether oxygens (including phenoxy) is 1. The molecule has 1 aromatic carbocycles. The standard InChI is InChI=1S/C22H24N6O3/c1-2-31-22(30)16-6-8-18(9-7-16)24-21(29)17-5-3-13-27(15-17)19-10-11-20(26-25-19)28-14-4-12-23-28/h4,6-12,14,17H,2-3,5,13,15H2,1H3,(H,24,29)/t17-/m0/s1. The zero-order valence-electron chi connectivity index (χ0n) is 17.3. The van der Waals surface area contributed by atoms with Crippen LogP contribution in [0.25, 0.3) is 5.82 Å². The molecule has 0 spiro atoms. The van der Waals surface area contributed by atoms with E-state index in [9.17, 15) is 9.59 Å². The Balaban J connectivity index is 1.37. The summed E-state index contributed by atoms with van der Waals surface area (Å²) >= 11 is 0. The van der Waals surface area contributed by atoms with E-state index in [4.69, 9.17) is 4.74 Å². The number of nitrogens with one attached hydrogen (secondary N) is 1. The van der Waals surface area contributed by atoms with Crippen molar-refractivity contribution in [2.45, 2.75) is 19.8 Å². The fourth-order valence-electron chi connectivity index (χ4n) is 3.56. The van der Waals surface area contributed by atoms with Crippen LogP contribution in [0.2, 0.25) is 0 Å².